The molecular weight excluding hydrogens is 340 g/mol. The first-order valence-corrected chi connectivity index (χ1v) is 10.4. The van der Waals surface area contributed by atoms with Crippen LogP contribution in [0.4, 0.5) is 0 Å². The van der Waals surface area contributed by atoms with E-state index < -0.39 is 10.0 Å². The number of nitrogens with one attached hydrogen (secondary N) is 1. The number of amides is 1. The fourth-order valence-corrected chi connectivity index (χ4v) is 4.16. The van der Waals surface area contributed by atoms with Gasteiger partial charge in [0.25, 0.3) is 5.91 Å². The molecule has 1 fully saturated rings. The van der Waals surface area contributed by atoms with E-state index in [1.54, 1.807) is 16.4 Å². The van der Waals surface area contributed by atoms with Crippen molar-refractivity contribution in [1.82, 2.24) is 9.62 Å². The van der Waals surface area contributed by atoms with Gasteiger partial charge in [-0.05, 0) is 49.4 Å². The van der Waals surface area contributed by atoms with E-state index in [-0.39, 0.29) is 17.4 Å². The molecule has 0 atom stereocenters. The van der Waals surface area contributed by atoms with E-state index in [1.165, 1.54) is 12.1 Å². The SMILES string of the molecule is CCCCNC(=O)COc1ccc(S(=O)(=O)N2CCC(C)CC2)cc1. The lowest BCUT2D eigenvalue weighted by Gasteiger charge is -2.29. The predicted octanol–water partition coefficient (Wildman–Crippen LogP) is 2.40. The molecule has 25 heavy (non-hydrogen) atoms. The summed E-state index contributed by atoms with van der Waals surface area (Å²) < 4.78 is 32.2. The molecule has 1 heterocycles. The van der Waals surface area contributed by atoms with Gasteiger partial charge in [-0.3, -0.25) is 4.79 Å². The minimum absolute atomic E-state index is 0.0696. The number of nitrogens with zero attached hydrogens (tertiary/aromatic N) is 1. The van der Waals surface area contributed by atoms with Gasteiger partial charge in [0.05, 0.1) is 4.90 Å². The fourth-order valence-electron chi connectivity index (χ4n) is 2.69. The topological polar surface area (TPSA) is 75.7 Å². The van der Waals surface area contributed by atoms with Crippen molar-refractivity contribution in [2.24, 2.45) is 5.92 Å². The Morgan fingerprint density at radius 2 is 1.88 bits per heavy atom. The van der Waals surface area contributed by atoms with Gasteiger partial charge in [-0.15, -0.1) is 0 Å². The number of piperidine rings is 1. The molecule has 0 spiro atoms. The van der Waals surface area contributed by atoms with Crippen molar-refractivity contribution in [3.63, 3.8) is 0 Å². The molecule has 1 aliphatic heterocycles. The number of ether oxygens (including phenoxy) is 1. The van der Waals surface area contributed by atoms with Crippen LogP contribution in [0.25, 0.3) is 0 Å². The third-order valence-electron chi connectivity index (χ3n) is 4.43. The van der Waals surface area contributed by atoms with E-state index in [4.69, 9.17) is 4.74 Å². The summed E-state index contributed by atoms with van der Waals surface area (Å²) in [5.74, 6) is 0.884. The summed E-state index contributed by atoms with van der Waals surface area (Å²) >= 11 is 0. The zero-order valence-electron chi connectivity index (χ0n) is 15.0. The lowest BCUT2D eigenvalue weighted by Crippen LogP contribution is -2.37. The first-order valence-electron chi connectivity index (χ1n) is 8.93. The Morgan fingerprint density at radius 1 is 1.24 bits per heavy atom. The largest absolute Gasteiger partial charge is 0.484 e. The first kappa shape index (κ1) is 19.7. The number of unbranched alkanes of at least 4 members (excludes halogenated alkanes) is 1. The van der Waals surface area contributed by atoms with Crippen LogP contribution in [0.15, 0.2) is 29.2 Å². The molecule has 0 radical (unpaired) electrons. The van der Waals surface area contributed by atoms with Crippen LogP contribution in [0.5, 0.6) is 5.75 Å². The highest BCUT2D eigenvalue weighted by molar-refractivity contribution is 7.89. The number of hydrogen-bond donors (Lipinski definition) is 1. The summed E-state index contributed by atoms with van der Waals surface area (Å²) in [7, 11) is -3.45. The number of rotatable bonds is 8. The Hall–Kier alpha value is -1.60. The summed E-state index contributed by atoms with van der Waals surface area (Å²) in [6, 6.07) is 6.27. The Kier molecular flexibility index (Phi) is 7.25. The van der Waals surface area contributed by atoms with Crippen LogP contribution in [0, 0.1) is 5.92 Å². The molecule has 7 heteroatoms. The minimum Gasteiger partial charge on any atom is -0.484 e. The summed E-state index contributed by atoms with van der Waals surface area (Å²) in [4.78, 5) is 11.9. The molecule has 1 aliphatic rings. The van der Waals surface area contributed by atoms with E-state index in [1.807, 2.05) is 0 Å². The van der Waals surface area contributed by atoms with Gasteiger partial charge in [-0.25, -0.2) is 8.42 Å². The van der Waals surface area contributed by atoms with Crippen molar-refractivity contribution < 1.29 is 17.9 Å². The Bertz CT molecular complexity index is 650. The molecule has 6 nitrogen and oxygen atoms in total. The van der Waals surface area contributed by atoms with E-state index in [0.717, 1.165) is 25.7 Å². The van der Waals surface area contributed by atoms with Gasteiger partial charge in [-0.2, -0.15) is 4.31 Å². The van der Waals surface area contributed by atoms with Crippen LogP contribution >= 0.6 is 0 Å². The molecule has 0 saturated carbocycles. The van der Waals surface area contributed by atoms with Crippen molar-refractivity contribution >= 4 is 15.9 Å². The van der Waals surface area contributed by atoms with Gasteiger partial charge < -0.3 is 10.1 Å². The molecule has 1 saturated heterocycles. The molecule has 1 N–H and O–H groups in total. The number of hydrogen-bond acceptors (Lipinski definition) is 4. The Balaban J connectivity index is 1.89. The van der Waals surface area contributed by atoms with Crippen molar-refractivity contribution in [3.8, 4) is 5.75 Å². The maximum atomic E-state index is 12.6. The van der Waals surface area contributed by atoms with E-state index in [2.05, 4.69) is 19.2 Å². The first-order chi connectivity index (χ1) is 11.9. The normalized spacial score (nSPS) is 16.6. The summed E-state index contributed by atoms with van der Waals surface area (Å²) in [5, 5.41) is 2.77. The Labute approximate surface area is 150 Å². The zero-order chi connectivity index (χ0) is 18.3. The van der Waals surface area contributed by atoms with Crippen LogP contribution in [-0.2, 0) is 14.8 Å². The quantitative estimate of drug-likeness (QED) is 0.715. The number of carbonyl (C=O) groups excluding carboxylic acids is 1. The van der Waals surface area contributed by atoms with Crippen molar-refractivity contribution in [2.45, 2.75) is 44.4 Å². The third kappa shape index (κ3) is 5.71. The molecule has 140 valence electrons. The van der Waals surface area contributed by atoms with Gasteiger partial charge in [0.2, 0.25) is 10.0 Å². The van der Waals surface area contributed by atoms with E-state index in [0.29, 0.717) is 31.3 Å². The van der Waals surface area contributed by atoms with Crippen molar-refractivity contribution in [3.05, 3.63) is 24.3 Å². The number of carbonyl (C=O) groups is 1. The van der Waals surface area contributed by atoms with Gasteiger partial charge in [-0.1, -0.05) is 20.3 Å². The highest BCUT2D eigenvalue weighted by Crippen LogP contribution is 2.24. The van der Waals surface area contributed by atoms with E-state index >= 15 is 0 Å². The monoisotopic (exact) mass is 368 g/mol. The van der Waals surface area contributed by atoms with Gasteiger partial charge in [0, 0.05) is 19.6 Å². The molecule has 1 aromatic carbocycles. The predicted molar refractivity (Wildman–Crippen MR) is 97.0 cm³/mol. The molecule has 1 amide bonds. The molecule has 2 rings (SSSR count). The van der Waals surface area contributed by atoms with Crippen LogP contribution in [0.3, 0.4) is 0 Å². The van der Waals surface area contributed by atoms with Gasteiger partial charge >= 0.3 is 0 Å². The smallest absolute Gasteiger partial charge is 0.257 e. The molecule has 0 aliphatic carbocycles. The van der Waals surface area contributed by atoms with Crippen LogP contribution < -0.4 is 10.1 Å². The maximum Gasteiger partial charge on any atom is 0.257 e. The highest BCUT2D eigenvalue weighted by atomic mass is 32.2. The summed E-state index contributed by atoms with van der Waals surface area (Å²) in [6.07, 6.45) is 3.75. The van der Waals surface area contributed by atoms with Crippen LogP contribution in [-0.4, -0.2) is 44.9 Å². The second-order valence-corrected chi connectivity index (χ2v) is 8.49. The Morgan fingerprint density at radius 3 is 2.48 bits per heavy atom. The lowest BCUT2D eigenvalue weighted by molar-refractivity contribution is -0.123. The standard InChI is InChI=1S/C18H28N2O4S/c1-3-4-11-19-18(21)14-24-16-5-7-17(8-6-16)25(22,23)20-12-9-15(2)10-13-20/h5-8,15H,3-4,9-14H2,1-2H3,(H,19,21). The third-order valence-corrected chi connectivity index (χ3v) is 6.34. The molecular formula is C18H28N2O4S. The second-order valence-electron chi connectivity index (χ2n) is 6.55. The number of sulfonamides is 1. The average Bonchev–Trinajstić information content (AvgIpc) is 2.61. The maximum absolute atomic E-state index is 12.6. The van der Waals surface area contributed by atoms with Crippen molar-refractivity contribution in [1.29, 1.82) is 0 Å². The average molecular weight is 368 g/mol. The number of benzene rings is 1. The lowest BCUT2D eigenvalue weighted by atomic mass is 10.0. The summed E-state index contributed by atoms with van der Waals surface area (Å²) in [6.45, 7) is 5.92. The van der Waals surface area contributed by atoms with Crippen LogP contribution in [0.2, 0.25) is 0 Å². The van der Waals surface area contributed by atoms with Crippen LogP contribution in [0.1, 0.15) is 39.5 Å². The second kappa shape index (κ2) is 9.20. The summed E-state index contributed by atoms with van der Waals surface area (Å²) in [5.41, 5.74) is 0. The van der Waals surface area contributed by atoms with Crippen molar-refractivity contribution in [2.75, 3.05) is 26.2 Å². The zero-order valence-corrected chi connectivity index (χ0v) is 15.8. The molecule has 0 aromatic heterocycles. The van der Waals surface area contributed by atoms with Gasteiger partial charge in [0.1, 0.15) is 5.75 Å². The molecule has 0 unspecified atom stereocenters. The molecule has 1 aromatic rings. The minimum atomic E-state index is -3.45. The highest BCUT2D eigenvalue weighted by Gasteiger charge is 2.27. The molecule has 0 bridgehead atoms. The fraction of sp³-hybridized carbons (Fsp3) is 0.611. The van der Waals surface area contributed by atoms with Gasteiger partial charge in [0.15, 0.2) is 6.61 Å². The van der Waals surface area contributed by atoms with E-state index in [9.17, 15) is 13.2 Å².